The highest BCUT2D eigenvalue weighted by Gasteiger charge is 2.25. The maximum absolute atomic E-state index is 11.7. The summed E-state index contributed by atoms with van der Waals surface area (Å²) in [6.45, 7) is 0.424. The van der Waals surface area contributed by atoms with E-state index in [4.69, 9.17) is 4.74 Å². The monoisotopic (exact) mass is 351 g/mol. The zero-order chi connectivity index (χ0) is 17.2. The average molecular weight is 351 g/mol. The Kier molecular flexibility index (Phi) is 3.99. The molecule has 2 N–H and O–H groups in total. The highest BCUT2D eigenvalue weighted by atomic mass is 32.2. The van der Waals surface area contributed by atoms with Crippen LogP contribution in [-0.2, 0) is 11.4 Å². The molecule has 0 aliphatic carbocycles. The summed E-state index contributed by atoms with van der Waals surface area (Å²) in [7, 11) is 0. The molecule has 1 aliphatic rings. The normalized spacial score (nSPS) is 15.8. The van der Waals surface area contributed by atoms with Gasteiger partial charge in [-0.2, -0.15) is 0 Å². The highest BCUT2D eigenvalue weighted by Crippen LogP contribution is 2.29. The molecule has 0 spiro atoms. The van der Waals surface area contributed by atoms with E-state index >= 15 is 0 Å². The van der Waals surface area contributed by atoms with Crippen LogP contribution in [0.5, 0.6) is 5.88 Å². The fourth-order valence-electron chi connectivity index (χ4n) is 2.52. The second kappa shape index (κ2) is 6.45. The Bertz CT molecular complexity index is 995. The van der Waals surface area contributed by atoms with Gasteiger partial charge in [0.15, 0.2) is 0 Å². The minimum Gasteiger partial charge on any atom is -0.473 e. The zero-order valence-corrected chi connectivity index (χ0v) is 13.8. The van der Waals surface area contributed by atoms with Crippen LogP contribution in [0, 0.1) is 0 Å². The van der Waals surface area contributed by atoms with Gasteiger partial charge in [0.2, 0.25) is 5.88 Å². The van der Waals surface area contributed by atoms with Gasteiger partial charge in [-0.3, -0.25) is 14.9 Å². The molecule has 1 aliphatic heterocycles. The first-order chi connectivity index (χ1) is 12.2. The number of nitrogens with zero attached hydrogens (tertiary/aromatic N) is 1. The number of nitrogens with one attached hydrogen (secondary N) is 2. The predicted molar refractivity (Wildman–Crippen MR) is 96.0 cm³/mol. The molecule has 124 valence electrons. The quantitative estimate of drug-likeness (QED) is 0.703. The van der Waals surface area contributed by atoms with Gasteiger partial charge in [-0.15, -0.1) is 0 Å². The summed E-state index contributed by atoms with van der Waals surface area (Å²) in [6.07, 6.45) is 5.15. The summed E-state index contributed by atoms with van der Waals surface area (Å²) < 4.78 is 5.75. The minimum absolute atomic E-state index is 0.357. The van der Waals surface area contributed by atoms with Crippen molar-refractivity contribution >= 4 is 39.9 Å². The lowest BCUT2D eigenvalue weighted by Crippen LogP contribution is -2.17. The van der Waals surface area contributed by atoms with Gasteiger partial charge in [0.05, 0.1) is 16.6 Å². The van der Waals surface area contributed by atoms with E-state index in [0.717, 1.165) is 33.8 Å². The number of aromatic nitrogens is 2. The van der Waals surface area contributed by atoms with Crippen LogP contribution in [0.4, 0.5) is 4.79 Å². The number of thioether (sulfide) groups is 1. The Hall–Kier alpha value is -3.06. The number of imide groups is 1. The average Bonchev–Trinajstić information content (AvgIpc) is 3.17. The summed E-state index contributed by atoms with van der Waals surface area (Å²) >= 11 is 0.893. The number of hydrogen-bond acceptors (Lipinski definition) is 5. The van der Waals surface area contributed by atoms with E-state index in [2.05, 4.69) is 15.3 Å². The van der Waals surface area contributed by atoms with Gasteiger partial charge in [-0.05, 0) is 23.4 Å². The fraction of sp³-hybridized carbons (Fsp3) is 0.0556. The van der Waals surface area contributed by atoms with Crippen molar-refractivity contribution < 1.29 is 14.3 Å². The molecule has 0 atom stereocenters. The Morgan fingerprint density at radius 3 is 2.80 bits per heavy atom. The molecule has 0 unspecified atom stereocenters. The van der Waals surface area contributed by atoms with Crippen LogP contribution >= 0.6 is 11.8 Å². The number of aromatic amines is 1. The van der Waals surface area contributed by atoms with Crippen LogP contribution in [0.1, 0.15) is 11.1 Å². The second-order valence-corrected chi connectivity index (χ2v) is 6.45. The third-order valence-electron chi connectivity index (χ3n) is 3.73. The number of benzene rings is 1. The van der Waals surface area contributed by atoms with Crippen molar-refractivity contribution in [3.63, 3.8) is 0 Å². The third-order valence-corrected chi connectivity index (χ3v) is 4.54. The SMILES string of the molecule is O=C1NC(=O)C(=Cc2c[nH]c3cnc(OCc4ccccc4)cc23)S1. The van der Waals surface area contributed by atoms with Crippen LogP contribution in [0.2, 0.25) is 0 Å². The van der Waals surface area contributed by atoms with Gasteiger partial charge in [-0.25, -0.2) is 4.98 Å². The van der Waals surface area contributed by atoms with Crippen molar-refractivity contribution in [2.45, 2.75) is 6.61 Å². The molecule has 2 aromatic heterocycles. The molecule has 2 amide bonds. The van der Waals surface area contributed by atoms with Crippen molar-refractivity contribution in [3.05, 3.63) is 64.8 Å². The molecule has 3 aromatic rings. The van der Waals surface area contributed by atoms with Crippen LogP contribution in [0.25, 0.3) is 17.0 Å². The Morgan fingerprint density at radius 2 is 2.04 bits per heavy atom. The van der Waals surface area contributed by atoms with E-state index in [0.29, 0.717) is 17.4 Å². The van der Waals surface area contributed by atoms with Crippen LogP contribution in [0.15, 0.2) is 53.7 Å². The summed E-state index contributed by atoms with van der Waals surface area (Å²) in [6, 6.07) is 11.7. The topological polar surface area (TPSA) is 84.1 Å². The molecule has 1 aromatic carbocycles. The van der Waals surface area contributed by atoms with Crippen LogP contribution < -0.4 is 10.1 Å². The minimum atomic E-state index is -0.376. The first kappa shape index (κ1) is 15.5. The number of ether oxygens (including phenoxy) is 1. The first-order valence-corrected chi connectivity index (χ1v) is 8.39. The molecule has 7 heteroatoms. The van der Waals surface area contributed by atoms with Gasteiger partial charge >= 0.3 is 0 Å². The molecule has 0 radical (unpaired) electrons. The predicted octanol–water partition coefficient (Wildman–Crippen LogP) is 3.47. The molecule has 4 rings (SSSR count). The van der Waals surface area contributed by atoms with Gasteiger partial charge < -0.3 is 9.72 Å². The molecule has 25 heavy (non-hydrogen) atoms. The largest absolute Gasteiger partial charge is 0.473 e. The number of fused-ring (bicyclic) bond motifs is 1. The smallest absolute Gasteiger partial charge is 0.290 e. The van der Waals surface area contributed by atoms with Crippen molar-refractivity contribution in [3.8, 4) is 5.88 Å². The number of rotatable bonds is 4. The molecular weight excluding hydrogens is 338 g/mol. The fourth-order valence-corrected chi connectivity index (χ4v) is 3.19. The lowest BCUT2D eigenvalue weighted by Gasteiger charge is -2.05. The second-order valence-electron chi connectivity index (χ2n) is 5.44. The first-order valence-electron chi connectivity index (χ1n) is 7.58. The highest BCUT2D eigenvalue weighted by molar-refractivity contribution is 8.18. The third kappa shape index (κ3) is 3.27. The zero-order valence-electron chi connectivity index (χ0n) is 13.0. The maximum Gasteiger partial charge on any atom is 0.290 e. The van der Waals surface area contributed by atoms with Gasteiger partial charge in [0.25, 0.3) is 11.1 Å². The molecule has 1 fully saturated rings. The Labute approximate surface area is 147 Å². The molecule has 6 nitrogen and oxygen atoms in total. The molecule has 1 saturated heterocycles. The maximum atomic E-state index is 11.7. The van der Waals surface area contributed by atoms with E-state index in [1.165, 1.54) is 0 Å². The summed E-state index contributed by atoms with van der Waals surface area (Å²) in [5.74, 6) is 0.120. The Balaban J connectivity index is 1.60. The number of pyridine rings is 1. The number of carbonyl (C=O) groups is 2. The van der Waals surface area contributed by atoms with E-state index in [1.807, 2.05) is 36.4 Å². The van der Waals surface area contributed by atoms with Crippen molar-refractivity contribution in [2.75, 3.05) is 0 Å². The number of amides is 2. The number of hydrogen-bond donors (Lipinski definition) is 2. The molecule has 0 bridgehead atoms. The van der Waals surface area contributed by atoms with Gasteiger partial charge in [0.1, 0.15) is 6.61 Å². The molecular formula is C18H13N3O3S. The van der Waals surface area contributed by atoms with Crippen molar-refractivity contribution in [2.24, 2.45) is 0 Å². The van der Waals surface area contributed by atoms with E-state index in [9.17, 15) is 9.59 Å². The summed E-state index contributed by atoms with van der Waals surface area (Å²) in [5.41, 5.74) is 2.68. The van der Waals surface area contributed by atoms with Crippen molar-refractivity contribution in [1.82, 2.24) is 15.3 Å². The molecule has 3 heterocycles. The van der Waals surface area contributed by atoms with Gasteiger partial charge in [0, 0.05) is 23.2 Å². The number of H-pyrrole nitrogens is 1. The lowest BCUT2D eigenvalue weighted by atomic mass is 10.2. The number of carbonyl (C=O) groups excluding carboxylic acids is 2. The van der Waals surface area contributed by atoms with E-state index in [-0.39, 0.29) is 11.1 Å². The standard InChI is InChI=1S/C18H13N3O3S/c22-17-15(25-18(23)21-17)6-12-8-19-14-9-20-16(7-13(12)14)24-10-11-4-2-1-3-5-11/h1-9,19H,10H2,(H,21,22,23). The molecule has 0 saturated carbocycles. The van der Waals surface area contributed by atoms with Crippen LogP contribution in [0.3, 0.4) is 0 Å². The summed E-state index contributed by atoms with van der Waals surface area (Å²) in [5, 5.41) is 2.76. The summed E-state index contributed by atoms with van der Waals surface area (Å²) in [4.78, 5) is 30.7. The van der Waals surface area contributed by atoms with E-state index in [1.54, 1.807) is 18.5 Å². The van der Waals surface area contributed by atoms with E-state index < -0.39 is 0 Å². The van der Waals surface area contributed by atoms with Crippen LogP contribution in [-0.4, -0.2) is 21.1 Å². The lowest BCUT2D eigenvalue weighted by molar-refractivity contribution is -0.115. The van der Waals surface area contributed by atoms with Crippen molar-refractivity contribution in [1.29, 1.82) is 0 Å². The van der Waals surface area contributed by atoms with Gasteiger partial charge in [-0.1, -0.05) is 30.3 Å². The Morgan fingerprint density at radius 1 is 1.20 bits per heavy atom.